The number of esters is 1. The Hall–Kier alpha value is -3.48. The van der Waals surface area contributed by atoms with Crippen molar-refractivity contribution in [3.05, 3.63) is 58.5 Å². The van der Waals surface area contributed by atoms with Crippen LogP contribution in [0.15, 0.2) is 47.3 Å². The molecule has 0 radical (unpaired) electrons. The third-order valence-electron chi connectivity index (χ3n) is 4.59. The fourth-order valence-electron chi connectivity index (χ4n) is 3.27. The van der Waals surface area contributed by atoms with Crippen LogP contribution < -0.4 is 10.3 Å². The highest BCUT2D eigenvalue weighted by molar-refractivity contribution is 6.09. The Morgan fingerprint density at radius 2 is 1.90 bits per heavy atom. The molecule has 1 aromatic heterocycles. The van der Waals surface area contributed by atoms with Crippen molar-refractivity contribution in [2.45, 2.75) is 33.6 Å². The zero-order valence-electron chi connectivity index (χ0n) is 17.5. The Morgan fingerprint density at radius 3 is 2.53 bits per heavy atom. The second kappa shape index (κ2) is 8.90. The van der Waals surface area contributed by atoms with Gasteiger partial charge >= 0.3 is 5.97 Å². The first-order chi connectivity index (χ1) is 14.3. The quantitative estimate of drug-likeness (QED) is 0.350. The second-order valence-electron chi connectivity index (χ2n) is 7.06. The first-order valence-corrected chi connectivity index (χ1v) is 9.80. The van der Waals surface area contributed by atoms with Gasteiger partial charge in [-0.3, -0.25) is 9.59 Å². The van der Waals surface area contributed by atoms with Gasteiger partial charge in [-0.25, -0.2) is 14.3 Å². The maximum absolute atomic E-state index is 12.9. The van der Waals surface area contributed by atoms with Gasteiger partial charge in [-0.1, -0.05) is 38.1 Å². The normalized spacial score (nSPS) is 11.5. The second-order valence-corrected chi connectivity index (χ2v) is 7.06. The number of fused-ring (bicyclic) bond motifs is 3. The van der Waals surface area contributed by atoms with E-state index in [1.54, 1.807) is 19.1 Å². The highest BCUT2D eigenvalue weighted by Crippen LogP contribution is 2.32. The summed E-state index contributed by atoms with van der Waals surface area (Å²) in [5.74, 6) is -0.478. The Kier molecular flexibility index (Phi) is 6.30. The van der Waals surface area contributed by atoms with Crippen molar-refractivity contribution in [1.29, 1.82) is 0 Å². The van der Waals surface area contributed by atoms with Gasteiger partial charge in [0.15, 0.2) is 0 Å². The van der Waals surface area contributed by atoms with E-state index in [0.717, 1.165) is 15.3 Å². The summed E-state index contributed by atoms with van der Waals surface area (Å²) in [6, 6.07) is 9.16. The summed E-state index contributed by atoms with van der Waals surface area (Å²) >= 11 is 0. The lowest BCUT2D eigenvalue weighted by atomic mass is 10.1. The van der Waals surface area contributed by atoms with Crippen LogP contribution >= 0.6 is 0 Å². The average Bonchev–Trinajstić information content (AvgIpc) is 2.70. The molecule has 2 aromatic carbocycles. The molecule has 0 N–H and O–H groups in total. The van der Waals surface area contributed by atoms with Crippen molar-refractivity contribution >= 4 is 33.7 Å². The maximum Gasteiger partial charge on any atom is 0.330 e. The van der Waals surface area contributed by atoms with Crippen LogP contribution in [0.5, 0.6) is 5.75 Å². The molecule has 3 rings (SSSR count). The third kappa shape index (κ3) is 4.10. The molecule has 0 spiro atoms. The standard InChI is InChI=1S/C23H24N2O5/c1-5-29-20(27)11-8-12-30-19-13-18-22(17-10-7-6-9-16(17)19)24-21(14(2)3)23(28)25(18)15(4)26/h6-11,13-14H,5,12H2,1-4H3/b11-8+. The first-order valence-electron chi connectivity index (χ1n) is 9.80. The van der Waals surface area contributed by atoms with Crippen LogP contribution in [-0.4, -0.2) is 34.6 Å². The Balaban J connectivity index is 2.18. The van der Waals surface area contributed by atoms with Gasteiger partial charge in [0.2, 0.25) is 5.91 Å². The zero-order valence-corrected chi connectivity index (χ0v) is 17.5. The molecular weight excluding hydrogens is 384 g/mol. The Labute approximate surface area is 173 Å². The van der Waals surface area contributed by atoms with Crippen molar-refractivity contribution < 1.29 is 19.1 Å². The van der Waals surface area contributed by atoms with E-state index in [1.165, 1.54) is 13.0 Å². The molecule has 0 fully saturated rings. The lowest BCUT2D eigenvalue weighted by Crippen LogP contribution is -2.30. The minimum Gasteiger partial charge on any atom is -0.489 e. The molecule has 0 saturated carbocycles. The average molecular weight is 408 g/mol. The number of carbonyl (C=O) groups excluding carboxylic acids is 2. The maximum atomic E-state index is 12.9. The van der Waals surface area contributed by atoms with Crippen molar-refractivity contribution in [3.63, 3.8) is 0 Å². The molecule has 0 aliphatic heterocycles. The van der Waals surface area contributed by atoms with E-state index in [-0.39, 0.29) is 12.5 Å². The highest BCUT2D eigenvalue weighted by Gasteiger charge is 2.19. The van der Waals surface area contributed by atoms with Crippen LogP contribution in [0.3, 0.4) is 0 Å². The SMILES string of the molecule is CCOC(=O)/C=C/COc1cc2c(nc(C(C)C)c(=O)n2C(C)=O)c2ccccc12. The van der Waals surface area contributed by atoms with Crippen molar-refractivity contribution in [2.75, 3.05) is 13.2 Å². The van der Waals surface area contributed by atoms with E-state index < -0.39 is 17.4 Å². The summed E-state index contributed by atoms with van der Waals surface area (Å²) in [5, 5.41) is 1.57. The van der Waals surface area contributed by atoms with Gasteiger partial charge < -0.3 is 9.47 Å². The molecular formula is C23H24N2O5. The Morgan fingerprint density at radius 1 is 1.20 bits per heavy atom. The molecule has 0 saturated heterocycles. The van der Waals surface area contributed by atoms with Crippen LogP contribution in [0.1, 0.15) is 44.1 Å². The van der Waals surface area contributed by atoms with Crippen molar-refractivity contribution in [2.24, 2.45) is 0 Å². The molecule has 0 aliphatic carbocycles. The summed E-state index contributed by atoms with van der Waals surface area (Å²) in [6.07, 6.45) is 2.85. The molecule has 156 valence electrons. The van der Waals surface area contributed by atoms with Crippen LogP contribution in [-0.2, 0) is 9.53 Å². The smallest absolute Gasteiger partial charge is 0.330 e. The summed E-state index contributed by atoms with van der Waals surface area (Å²) in [7, 11) is 0. The van der Waals surface area contributed by atoms with E-state index in [4.69, 9.17) is 9.47 Å². The first kappa shape index (κ1) is 21.2. The molecule has 30 heavy (non-hydrogen) atoms. The zero-order chi connectivity index (χ0) is 21.8. The summed E-state index contributed by atoms with van der Waals surface area (Å²) in [6.45, 7) is 7.24. The van der Waals surface area contributed by atoms with Gasteiger partial charge in [-0.05, 0) is 13.0 Å². The fraction of sp³-hybridized carbons (Fsp3) is 0.304. The summed E-state index contributed by atoms with van der Waals surface area (Å²) < 4.78 is 11.8. The Bertz CT molecular complexity index is 1210. The largest absolute Gasteiger partial charge is 0.489 e. The molecule has 0 bridgehead atoms. The van der Waals surface area contributed by atoms with Crippen molar-refractivity contribution in [3.8, 4) is 5.75 Å². The minimum atomic E-state index is -0.444. The predicted octanol–water partition coefficient (Wildman–Crippen LogP) is 3.83. The van der Waals surface area contributed by atoms with Gasteiger partial charge in [-0.15, -0.1) is 0 Å². The number of benzene rings is 2. The predicted molar refractivity (Wildman–Crippen MR) is 115 cm³/mol. The lowest BCUT2D eigenvalue weighted by molar-refractivity contribution is -0.137. The number of nitrogens with zero attached hydrogens (tertiary/aromatic N) is 2. The summed E-state index contributed by atoms with van der Waals surface area (Å²) in [4.78, 5) is 41.3. The highest BCUT2D eigenvalue weighted by atomic mass is 16.5. The molecule has 7 heteroatoms. The number of rotatable bonds is 6. The van der Waals surface area contributed by atoms with Gasteiger partial charge in [0.25, 0.3) is 5.56 Å². The molecule has 0 aliphatic rings. The third-order valence-corrected chi connectivity index (χ3v) is 4.59. The lowest BCUT2D eigenvalue weighted by Gasteiger charge is -2.15. The molecule has 7 nitrogen and oxygen atoms in total. The molecule has 0 amide bonds. The van der Waals surface area contributed by atoms with Gasteiger partial charge in [0.1, 0.15) is 18.1 Å². The van der Waals surface area contributed by atoms with Crippen LogP contribution in [0.25, 0.3) is 21.8 Å². The van der Waals surface area contributed by atoms with E-state index in [0.29, 0.717) is 29.1 Å². The molecule has 0 atom stereocenters. The minimum absolute atomic E-state index is 0.121. The topological polar surface area (TPSA) is 87.5 Å². The number of aromatic nitrogens is 2. The monoisotopic (exact) mass is 408 g/mol. The molecule has 0 unspecified atom stereocenters. The van der Waals surface area contributed by atoms with E-state index in [2.05, 4.69) is 4.98 Å². The van der Waals surface area contributed by atoms with Crippen LogP contribution in [0.4, 0.5) is 0 Å². The van der Waals surface area contributed by atoms with Gasteiger partial charge in [0, 0.05) is 35.8 Å². The number of ether oxygens (including phenoxy) is 2. The van der Waals surface area contributed by atoms with E-state index in [9.17, 15) is 14.4 Å². The van der Waals surface area contributed by atoms with Crippen LogP contribution in [0, 0.1) is 0 Å². The fourth-order valence-corrected chi connectivity index (χ4v) is 3.27. The van der Waals surface area contributed by atoms with E-state index in [1.807, 2.05) is 38.1 Å². The number of carbonyl (C=O) groups is 2. The molecule has 1 heterocycles. The van der Waals surface area contributed by atoms with Crippen LogP contribution in [0.2, 0.25) is 0 Å². The van der Waals surface area contributed by atoms with Gasteiger partial charge in [-0.2, -0.15) is 0 Å². The number of hydrogen-bond donors (Lipinski definition) is 0. The number of hydrogen-bond acceptors (Lipinski definition) is 6. The van der Waals surface area contributed by atoms with Crippen molar-refractivity contribution in [1.82, 2.24) is 9.55 Å². The van der Waals surface area contributed by atoms with E-state index >= 15 is 0 Å². The molecule has 3 aromatic rings. The van der Waals surface area contributed by atoms with Gasteiger partial charge in [0.05, 0.1) is 17.6 Å². The summed E-state index contributed by atoms with van der Waals surface area (Å²) in [5.41, 5.74) is 0.876.